The third kappa shape index (κ3) is 4.53. The van der Waals surface area contributed by atoms with Gasteiger partial charge in [-0.25, -0.2) is 0 Å². The zero-order chi connectivity index (χ0) is 17.8. The molecule has 1 aromatic rings. The fraction of sp³-hybridized carbons (Fsp3) is 0.579. The Morgan fingerprint density at radius 2 is 1.60 bits per heavy atom. The average molecular weight is 364 g/mol. The molecule has 0 aromatic heterocycles. The number of piperazine rings is 1. The lowest BCUT2D eigenvalue weighted by Gasteiger charge is -2.36. The van der Waals surface area contributed by atoms with Crippen LogP contribution in [0.5, 0.6) is 0 Å². The van der Waals surface area contributed by atoms with E-state index in [2.05, 4.69) is 17.3 Å². The zero-order valence-corrected chi connectivity index (χ0v) is 15.5. The summed E-state index contributed by atoms with van der Waals surface area (Å²) in [5, 5.41) is 3.47. The lowest BCUT2D eigenvalue weighted by Crippen LogP contribution is -2.49. The van der Waals surface area contributed by atoms with Crippen LogP contribution in [-0.4, -0.2) is 54.8 Å². The number of carbonyl (C=O) groups is 2. The van der Waals surface area contributed by atoms with E-state index in [1.54, 1.807) is 6.07 Å². The maximum atomic E-state index is 12.7. The first kappa shape index (κ1) is 18.2. The van der Waals surface area contributed by atoms with E-state index in [0.717, 1.165) is 51.9 Å². The van der Waals surface area contributed by atoms with Gasteiger partial charge in [-0.1, -0.05) is 23.7 Å². The number of halogens is 1. The normalized spacial score (nSPS) is 24.8. The molecule has 3 rings (SSSR count). The largest absolute Gasteiger partial charge is 0.340 e. The van der Waals surface area contributed by atoms with Crippen LogP contribution >= 0.6 is 11.6 Å². The van der Waals surface area contributed by atoms with Gasteiger partial charge in [0.15, 0.2) is 0 Å². The van der Waals surface area contributed by atoms with Crippen LogP contribution < -0.4 is 5.32 Å². The Kier molecular flexibility index (Phi) is 5.97. The molecule has 1 aromatic carbocycles. The maximum absolute atomic E-state index is 12.7. The number of anilines is 1. The van der Waals surface area contributed by atoms with Crippen LogP contribution in [0.1, 0.15) is 25.7 Å². The van der Waals surface area contributed by atoms with Gasteiger partial charge < -0.3 is 15.1 Å². The van der Waals surface area contributed by atoms with Crippen LogP contribution in [0.2, 0.25) is 5.02 Å². The molecule has 0 bridgehead atoms. The second kappa shape index (κ2) is 8.19. The van der Waals surface area contributed by atoms with Crippen molar-refractivity contribution in [3.05, 3.63) is 29.3 Å². The highest BCUT2D eigenvalue weighted by Gasteiger charge is 2.33. The molecule has 1 heterocycles. The second-order valence-corrected chi connectivity index (χ2v) is 7.55. The van der Waals surface area contributed by atoms with Gasteiger partial charge in [0, 0.05) is 38.0 Å². The van der Waals surface area contributed by atoms with Gasteiger partial charge in [-0.3, -0.25) is 9.59 Å². The smallest absolute Gasteiger partial charge is 0.227 e. The first-order valence-electron chi connectivity index (χ1n) is 9.07. The maximum Gasteiger partial charge on any atom is 0.227 e. The minimum atomic E-state index is -0.0344. The van der Waals surface area contributed by atoms with E-state index in [4.69, 9.17) is 11.6 Å². The molecule has 2 amide bonds. The Bertz CT molecular complexity index is 621. The fourth-order valence-corrected chi connectivity index (χ4v) is 3.87. The lowest BCUT2D eigenvalue weighted by molar-refractivity contribution is -0.139. The van der Waals surface area contributed by atoms with E-state index < -0.39 is 0 Å². The molecule has 6 heteroatoms. The molecule has 2 aliphatic rings. The first-order chi connectivity index (χ1) is 12.0. The Balaban J connectivity index is 1.49. The predicted molar refractivity (Wildman–Crippen MR) is 99.6 cm³/mol. The second-order valence-electron chi connectivity index (χ2n) is 7.15. The molecule has 5 nitrogen and oxygen atoms in total. The molecule has 136 valence electrons. The molecular weight excluding hydrogens is 338 g/mol. The molecule has 2 fully saturated rings. The summed E-state index contributed by atoms with van der Waals surface area (Å²) in [4.78, 5) is 29.4. The van der Waals surface area contributed by atoms with Crippen molar-refractivity contribution in [1.82, 2.24) is 9.80 Å². The number of nitrogens with one attached hydrogen (secondary N) is 1. The number of hydrogen-bond donors (Lipinski definition) is 1. The quantitative estimate of drug-likeness (QED) is 0.898. The number of benzene rings is 1. The Labute approximate surface area is 154 Å². The SMILES string of the molecule is CN1CCN(C(=O)C2CCC(C(=O)Nc3ccccc3Cl)CC2)CC1. The van der Waals surface area contributed by atoms with Crippen LogP contribution in [0.25, 0.3) is 0 Å². The van der Waals surface area contributed by atoms with Crippen molar-refractivity contribution in [2.24, 2.45) is 11.8 Å². The molecule has 25 heavy (non-hydrogen) atoms. The van der Waals surface area contributed by atoms with Crippen molar-refractivity contribution < 1.29 is 9.59 Å². The minimum absolute atomic E-state index is 0.0126. The number of rotatable bonds is 3. The topological polar surface area (TPSA) is 52.7 Å². The molecule has 0 atom stereocenters. The summed E-state index contributed by atoms with van der Waals surface area (Å²) >= 11 is 6.10. The monoisotopic (exact) mass is 363 g/mol. The van der Waals surface area contributed by atoms with E-state index in [0.29, 0.717) is 10.7 Å². The third-order valence-electron chi connectivity index (χ3n) is 5.39. The molecule has 1 aliphatic heterocycles. The van der Waals surface area contributed by atoms with Crippen LogP contribution in [0.4, 0.5) is 5.69 Å². The number of hydrogen-bond acceptors (Lipinski definition) is 3. The van der Waals surface area contributed by atoms with Crippen molar-refractivity contribution in [2.75, 3.05) is 38.5 Å². The number of nitrogens with zero attached hydrogens (tertiary/aromatic N) is 2. The fourth-order valence-electron chi connectivity index (χ4n) is 3.68. The Hall–Kier alpha value is -1.59. The number of amides is 2. The summed E-state index contributed by atoms with van der Waals surface area (Å²) in [6.07, 6.45) is 3.12. The molecule has 1 saturated carbocycles. The van der Waals surface area contributed by atoms with Gasteiger partial charge in [0.2, 0.25) is 11.8 Å². The molecule has 1 N–H and O–H groups in total. The third-order valence-corrected chi connectivity index (χ3v) is 5.72. The molecule has 1 aliphatic carbocycles. The number of likely N-dealkylation sites (N-methyl/N-ethyl adjacent to an activating group) is 1. The predicted octanol–water partition coefficient (Wildman–Crippen LogP) is 2.86. The number of carbonyl (C=O) groups excluding carboxylic acids is 2. The van der Waals surface area contributed by atoms with Gasteiger partial charge in [-0.05, 0) is 44.9 Å². The van der Waals surface area contributed by atoms with Crippen LogP contribution in [0.3, 0.4) is 0 Å². The van der Waals surface area contributed by atoms with Crippen molar-refractivity contribution in [3.63, 3.8) is 0 Å². The van der Waals surface area contributed by atoms with E-state index in [1.165, 1.54) is 0 Å². The van der Waals surface area contributed by atoms with E-state index in [1.807, 2.05) is 23.1 Å². The zero-order valence-electron chi connectivity index (χ0n) is 14.7. The Morgan fingerprint density at radius 3 is 2.24 bits per heavy atom. The van der Waals surface area contributed by atoms with E-state index in [-0.39, 0.29) is 23.7 Å². The van der Waals surface area contributed by atoms with Crippen molar-refractivity contribution in [1.29, 1.82) is 0 Å². The van der Waals surface area contributed by atoms with Crippen molar-refractivity contribution in [3.8, 4) is 0 Å². The highest BCUT2D eigenvalue weighted by atomic mass is 35.5. The summed E-state index contributed by atoms with van der Waals surface area (Å²) in [5.74, 6) is 0.331. The molecule has 1 saturated heterocycles. The van der Waals surface area contributed by atoms with Crippen LogP contribution in [-0.2, 0) is 9.59 Å². The van der Waals surface area contributed by atoms with Gasteiger partial charge in [0.25, 0.3) is 0 Å². The summed E-state index contributed by atoms with van der Waals surface area (Å²) in [5.41, 5.74) is 0.657. The summed E-state index contributed by atoms with van der Waals surface area (Å²) < 4.78 is 0. The van der Waals surface area contributed by atoms with Gasteiger partial charge in [-0.15, -0.1) is 0 Å². The molecule has 0 unspecified atom stereocenters. The summed E-state index contributed by atoms with van der Waals surface area (Å²) in [6.45, 7) is 3.53. The van der Waals surface area contributed by atoms with Crippen molar-refractivity contribution in [2.45, 2.75) is 25.7 Å². The van der Waals surface area contributed by atoms with Gasteiger partial charge >= 0.3 is 0 Å². The van der Waals surface area contributed by atoms with Gasteiger partial charge in [0.05, 0.1) is 10.7 Å². The summed E-state index contributed by atoms with van der Waals surface area (Å²) in [6, 6.07) is 7.27. The molecule has 0 spiro atoms. The first-order valence-corrected chi connectivity index (χ1v) is 9.45. The number of para-hydroxylation sites is 1. The summed E-state index contributed by atoms with van der Waals surface area (Å²) in [7, 11) is 2.09. The standard InChI is InChI=1S/C19H26ClN3O2/c1-22-10-12-23(13-11-22)19(25)15-8-6-14(7-9-15)18(24)21-17-5-3-2-4-16(17)20/h2-5,14-15H,6-13H2,1H3,(H,21,24). The van der Waals surface area contributed by atoms with E-state index in [9.17, 15) is 9.59 Å². The highest BCUT2D eigenvalue weighted by Crippen LogP contribution is 2.32. The van der Waals surface area contributed by atoms with E-state index >= 15 is 0 Å². The molecular formula is C19H26ClN3O2. The van der Waals surface area contributed by atoms with Gasteiger partial charge in [-0.2, -0.15) is 0 Å². The van der Waals surface area contributed by atoms with Gasteiger partial charge in [0.1, 0.15) is 0 Å². The van der Waals surface area contributed by atoms with Crippen LogP contribution in [0, 0.1) is 11.8 Å². The minimum Gasteiger partial charge on any atom is -0.340 e. The molecule has 0 radical (unpaired) electrons. The van der Waals surface area contributed by atoms with Crippen LogP contribution in [0.15, 0.2) is 24.3 Å². The highest BCUT2D eigenvalue weighted by molar-refractivity contribution is 6.33. The van der Waals surface area contributed by atoms with Crippen molar-refractivity contribution >= 4 is 29.1 Å². The Morgan fingerprint density at radius 1 is 1.00 bits per heavy atom. The lowest BCUT2D eigenvalue weighted by atomic mass is 9.80. The average Bonchev–Trinajstić information content (AvgIpc) is 2.64.